The summed E-state index contributed by atoms with van der Waals surface area (Å²) in [6.07, 6.45) is 3.12. The third-order valence-corrected chi connectivity index (χ3v) is 3.12. The second-order valence-corrected chi connectivity index (χ2v) is 5.12. The van der Waals surface area contributed by atoms with Crippen LogP contribution in [0.3, 0.4) is 0 Å². The summed E-state index contributed by atoms with van der Waals surface area (Å²) >= 11 is 0. The maximum Gasteiger partial charge on any atom is 0.422 e. The van der Waals surface area contributed by atoms with Gasteiger partial charge in [-0.3, -0.25) is 0 Å². The molecule has 0 aliphatic carbocycles. The Kier molecular flexibility index (Phi) is 8.01. The van der Waals surface area contributed by atoms with Gasteiger partial charge in [-0.25, -0.2) is 0 Å². The third kappa shape index (κ3) is 9.21. The van der Waals surface area contributed by atoms with Crippen LogP contribution in [0.15, 0.2) is 24.3 Å². The van der Waals surface area contributed by atoms with Crippen LogP contribution in [-0.4, -0.2) is 19.3 Å². The van der Waals surface area contributed by atoms with Crippen molar-refractivity contribution >= 4 is 5.69 Å². The van der Waals surface area contributed by atoms with E-state index in [9.17, 15) is 13.2 Å². The number of alkyl halides is 3. The first-order valence-corrected chi connectivity index (χ1v) is 7.55. The summed E-state index contributed by atoms with van der Waals surface area (Å²) in [5.74, 6) is 0.234. The summed E-state index contributed by atoms with van der Waals surface area (Å²) < 4.78 is 40.7. The van der Waals surface area contributed by atoms with Crippen LogP contribution >= 0.6 is 0 Å². The molecule has 5 heteroatoms. The molecule has 0 amide bonds. The van der Waals surface area contributed by atoms with Crippen molar-refractivity contribution in [3.8, 4) is 5.75 Å². The van der Waals surface area contributed by atoms with Crippen LogP contribution in [0.1, 0.15) is 45.4 Å². The Morgan fingerprint density at radius 1 is 0.952 bits per heavy atom. The minimum absolute atomic E-state index is 0.234. The molecule has 0 aliphatic rings. The van der Waals surface area contributed by atoms with Gasteiger partial charge in [0.15, 0.2) is 6.61 Å². The van der Waals surface area contributed by atoms with E-state index in [1.165, 1.54) is 32.1 Å². The molecule has 0 saturated heterocycles. The lowest BCUT2D eigenvalue weighted by atomic mass is 10.1. The van der Waals surface area contributed by atoms with Gasteiger partial charge >= 0.3 is 6.18 Å². The molecule has 0 aliphatic heterocycles. The molecule has 0 heterocycles. The van der Waals surface area contributed by atoms with Crippen LogP contribution in [0.4, 0.5) is 18.9 Å². The Bertz CT molecular complexity index is 376. The molecular weight excluding hydrogens is 279 g/mol. The highest BCUT2D eigenvalue weighted by Gasteiger charge is 2.28. The Balaban J connectivity index is 2.16. The molecule has 120 valence electrons. The zero-order valence-electron chi connectivity index (χ0n) is 12.5. The number of rotatable bonds is 10. The number of unbranched alkanes of at least 4 members (excludes halogenated alkanes) is 5. The molecule has 0 unspecified atom stereocenters. The number of hydrogen-bond acceptors (Lipinski definition) is 2. The highest BCUT2D eigenvalue weighted by atomic mass is 19.4. The summed E-state index contributed by atoms with van der Waals surface area (Å²) in [6, 6.07) is 6.58. The third-order valence-electron chi connectivity index (χ3n) is 3.12. The summed E-state index contributed by atoms with van der Waals surface area (Å²) in [5, 5.41) is 3.26. The SMILES string of the molecule is CCCCCCCCNc1ccc(OCC(F)(F)F)cc1. The average molecular weight is 303 g/mol. The molecule has 0 bridgehead atoms. The number of benzene rings is 1. The Labute approximate surface area is 124 Å². The minimum atomic E-state index is -4.30. The largest absolute Gasteiger partial charge is 0.484 e. The van der Waals surface area contributed by atoms with Gasteiger partial charge in [0, 0.05) is 12.2 Å². The van der Waals surface area contributed by atoms with Gasteiger partial charge < -0.3 is 10.1 Å². The fourth-order valence-electron chi connectivity index (χ4n) is 1.97. The molecule has 21 heavy (non-hydrogen) atoms. The zero-order chi connectivity index (χ0) is 15.6. The summed E-state index contributed by atoms with van der Waals surface area (Å²) in [7, 11) is 0. The molecule has 1 rings (SSSR count). The second-order valence-electron chi connectivity index (χ2n) is 5.12. The van der Waals surface area contributed by atoms with Crippen molar-refractivity contribution in [1.29, 1.82) is 0 Å². The lowest BCUT2D eigenvalue weighted by molar-refractivity contribution is -0.153. The zero-order valence-corrected chi connectivity index (χ0v) is 12.5. The summed E-state index contributed by atoms with van der Waals surface area (Å²) in [5.41, 5.74) is 0.905. The van der Waals surface area contributed by atoms with Crippen molar-refractivity contribution in [2.75, 3.05) is 18.5 Å². The predicted octanol–water partition coefficient (Wildman–Crippen LogP) is 5.40. The van der Waals surface area contributed by atoms with E-state index >= 15 is 0 Å². The number of anilines is 1. The fraction of sp³-hybridized carbons (Fsp3) is 0.625. The molecule has 0 atom stereocenters. The van der Waals surface area contributed by atoms with Crippen molar-refractivity contribution in [1.82, 2.24) is 0 Å². The van der Waals surface area contributed by atoms with Crippen LogP contribution in [0.2, 0.25) is 0 Å². The van der Waals surface area contributed by atoms with Crippen LogP contribution in [0.5, 0.6) is 5.75 Å². The van der Waals surface area contributed by atoms with Gasteiger partial charge in [0.2, 0.25) is 0 Å². The van der Waals surface area contributed by atoms with Crippen LogP contribution in [-0.2, 0) is 0 Å². The van der Waals surface area contributed by atoms with Crippen molar-refractivity contribution in [2.45, 2.75) is 51.6 Å². The first-order chi connectivity index (χ1) is 10.0. The number of ether oxygens (including phenoxy) is 1. The first-order valence-electron chi connectivity index (χ1n) is 7.55. The standard InChI is InChI=1S/C16H24F3NO/c1-2-3-4-5-6-7-12-20-14-8-10-15(11-9-14)21-13-16(17,18)19/h8-11,20H,2-7,12-13H2,1H3. The van der Waals surface area contributed by atoms with Crippen LogP contribution < -0.4 is 10.1 Å². The highest BCUT2D eigenvalue weighted by Crippen LogP contribution is 2.20. The van der Waals surface area contributed by atoms with Crippen molar-refractivity contribution in [2.24, 2.45) is 0 Å². The monoisotopic (exact) mass is 303 g/mol. The molecule has 2 nitrogen and oxygen atoms in total. The minimum Gasteiger partial charge on any atom is -0.484 e. The maximum atomic E-state index is 12.0. The molecular formula is C16H24F3NO. The smallest absolute Gasteiger partial charge is 0.422 e. The average Bonchev–Trinajstić information content (AvgIpc) is 2.44. The Morgan fingerprint density at radius 3 is 2.19 bits per heavy atom. The molecule has 0 spiro atoms. The highest BCUT2D eigenvalue weighted by molar-refractivity contribution is 5.46. The Morgan fingerprint density at radius 2 is 1.57 bits per heavy atom. The van der Waals surface area contributed by atoms with Gasteiger partial charge in [0.25, 0.3) is 0 Å². The molecule has 1 aromatic rings. The summed E-state index contributed by atoms with van der Waals surface area (Å²) in [4.78, 5) is 0. The number of halogens is 3. The van der Waals surface area contributed by atoms with Crippen molar-refractivity contribution < 1.29 is 17.9 Å². The topological polar surface area (TPSA) is 21.3 Å². The molecule has 0 radical (unpaired) electrons. The Hall–Kier alpha value is -1.39. The van der Waals surface area contributed by atoms with E-state index in [-0.39, 0.29) is 5.75 Å². The fourth-order valence-corrected chi connectivity index (χ4v) is 1.97. The van der Waals surface area contributed by atoms with Crippen LogP contribution in [0, 0.1) is 0 Å². The van der Waals surface area contributed by atoms with Gasteiger partial charge in [-0.05, 0) is 30.7 Å². The molecule has 1 N–H and O–H groups in total. The van der Waals surface area contributed by atoms with Crippen molar-refractivity contribution in [3.63, 3.8) is 0 Å². The molecule has 0 saturated carbocycles. The van der Waals surface area contributed by atoms with E-state index in [0.29, 0.717) is 0 Å². The quantitative estimate of drug-likeness (QED) is 0.584. The molecule has 0 fully saturated rings. The number of nitrogens with one attached hydrogen (secondary N) is 1. The van der Waals surface area contributed by atoms with E-state index < -0.39 is 12.8 Å². The molecule has 1 aromatic carbocycles. The van der Waals surface area contributed by atoms with Gasteiger partial charge in [-0.2, -0.15) is 13.2 Å². The number of hydrogen-bond donors (Lipinski definition) is 1. The van der Waals surface area contributed by atoms with Crippen LogP contribution in [0.25, 0.3) is 0 Å². The van der Waals surface area contributed by atoms with Gasteiger partial charge in [0.05, 0.1) is 0 Å². The normalized spacial score (nSPS) is 11.4. The van der Waals surface area contributed by atoms with E-state index in [1.807, 2.05) is 0 Å². The van der Waals surface area contributed by atoms with E-state index in [4.69, 9.17) is 0 Å². The van der Waals surface area contributed by atoms with Gasteiger partial charge in [0.1, 0.15) is 5.75 Å². The molecule has 0 aromatic heterocycles. The lowest BCUT2D eigenvalue weighted by Crippen LogP contribution is -2.19. The van der Waals surface area contributed by atoms with E-state index in [1.54, 1.807) is 24.3 Å². The van der Waals surface area contributed by atoms with Crippen molar-refractivity contribution in [3.05, 3.63) is 24.3 Å². The second kappa shape index (κ2) is 9.53. The maximum absolute atomic E-state index is 12.0. The lowest BCUT2D eigenvalue weighted by Gasteiger charge is -2.10. The predicted molar refractivity (Wildman–Crippen MR) is 79.9 cm³/mol. The van der Waals surface area contributed by atoms with Gasteiger partial charge in [-0.1, -0.05) is 39.0 Å². The summed E-state index contributed by atoms with van der Waals surface area (Å²) in [6.45, 7) is 1.83. The first kappa shape index (κ1) is 17.7. The van der Waals surface area contributed by atoms with Gasteiger partial charge in [-0.15, -0.1) is 0 Å². The van der Waals surface area contributed by atoms with E-state index in [0.717, 1.165) is 18.7 Å². The van der Waals surface area contributed by atoms with E-state index in [2.05, 4.69) is 17.0 Å².